The molecule has 3 heteroatoms. The van der Waals surface area contributed by atoms with Crippen molar-refractivity contribution in [1.82, 2.24) is 4.98 Å². The number of aliphatic carboxylic acids is 1. The van der Waals surface area contributed by atoms with Crippen LogP contribution in [0.4, 0.5) is 0 Å². The molecule has 88 valence electrons. The lowest BCUT2D eigenvalue weighted by molar-refractivity contribution is -0.136. The second kappa shape index (κ2) is 4.53. The SMILES string of the molecule is CCc1ccc2nc(CC(=O)O)cc(C)c2c1. The lowest BCUT2D eigenvalue weighted by Crippen LogP contribution is -2.03. The van der Waals surface area contributed by atoms with Gasteiger partial charge in [-0.25, -0.2) is 0 Å². The third-order valence-corrected chi connectivity index (χ3v) is 2.87. The summed E-state index contributed by atoms with van der Waals surface area (Å²) in [6, 6.07) is 7.99. The van der Waals surface area contributed by atoms with E-state index in [1.807, 2.05) is 25.1 Å². The van der Waals surface area contributed by atoms with E-state index in [4.69, 9.17) is 5.11 Å². The van der Waals surface area contributed by atoms with Crippen LogP contribution in [0.3, 0.4) is 0 Å². The van der Waals surface area contributed by atoms with Gasteiger partial charge in [0.1, 0.15) is 0 Å². The molecule has 0 saturated carbocycles. The summed E-state index contributed by atoms with van der Waals surface area (Å²) in [6.45, 7) is 4.11. The number of pyridine rings is 1. The van der Waals surface area contributed by atoms with Gasteiger partial charge in [-0.05, 0) is 42.7 Å². The van der Waals surface area contributed by atoms with Gasteiger partial charge in [0.05, 0.1) is 17.6 Å². The van der Waals surface area contributed by atoms with Crippen molar-refractivity contribution in [3.8, 4) is 0 Å². The molecule has 0 aliphatic carbocycles. The van der Waals surface area contributed by atoms with Gasteiger partial charge < -0.3 is 5.11 Å². The molecule has 0 unspecified atom stereocenters. The minimum absolute atomic E-state index is 0.0215. The summed E-state index contributed by atoms with van der Waals surface area (Å²) in [6.07, 6.45) is 0.971. The molecule has 0 atom stereocenters. The Morgan fingerprint density at radius 1 is 1.35 bits per heavy atom. The Bertz CT molecular complexity index is 576. The Labute approximate surface area is 100 Å². The van der Waals surface area contributed by atoms with E-state index in [0.29, 0.717) is 5.69 Å². The maximum absolute atomic E-state index is 10.7. The lowest BCUT2D eigenvalue weighted by atomic mass is 10.0. The van der Waals surface area contributed by atoms with Crippen molar-refractivity contribution >= 4 is 16.9 Å². The zero-order chi connectivity index (χ0) is 12.4. The standard InChI is InChI=1S/C14H15NO2/c1-3-10-4-5-13-12(7-10)9(2)6-11(15-13)8-14(16)17/h4-7H,3,8H2,1-2H3,(H,16,17). The molecule has 0 bridgehead atoms. The van der Waals surface area contributed by atoms with Gasteiger partial charge in [0.25, 0.3) is 0 Å². The van der Waals surface area contributed by atoms with E-state index in [1.165, 1.54) is 5.56 Å². The first-order valence-electron chi connectivity index (χ1n) is 5.71. The Balaban J connectivity index is 2.55. The molecule has 0 aliphatic heterocycles. The molecule has 0 spiro atoms. The van der Waals surface area contributed by atoms with E-state index in [0.717, 1.165) is 22.9 Å². The highest BCUT2D eigenvalue weighted by atomic mass is 16.4. The first-order chi connectivity index (χ1) is 8.10. The number of nitrogens with zero attached hydrogens (tertiary/aromatic N) is 1. The van der Waals surface area contributed by atoms with Crippen LogP contribution in [0.5, 0.6) is 0 Å². The highest BCUT2D eigenvalue weighted by Gasteiger charge is 2.06. The molecule has 17 heavy (non-hydrogen) atoms. The average molecular weight is 229 g/mol. The van der Waals surface area contributed by atoms with Gasteiger partial charge in [-0.1, -0.05) is 13.0 Å². The number of aromatic nitrogens is 1. The largest absolute Gasteiger partial charge is 0.481 e. The fraction of sp³-hybridized carbons (Fsp3) is 0.286. The second-order valence-electron chi connectivity index (χ2n) is 4.21. The third kappa shape index (κ3) is 2.44. The van der Waals surface area contributed by atoms with Crippen LogP contribution in [0.15, 0.2) is 24.3 Å². The Morgan fingerprint density at radius 2 is 2.12 bits per heavy atom. The number of carbonyl (C=O) groups is 1. The van der Waals surface area contributed by atoms with Crippen LogP contribution in [0.25, 0.3) is 10.9 Å². The van der Waals surface area contributed by atoms with Crippen molar-refractivity contribution in [3.05, 3.63) is 41.1 Å². The number of hydrogen-bond acceptors (Lipinski definition) is 2. The summed E-state index contributed by atoms with van der Waals surface area (Å²) < 4.78 is 0. The van der Waals surface area contributed by atoms with Gasteiger partial charge in [-0.3, -0.25) is 9.78 Å². The van der Waals surface area contributed by atoms with Gasteiger partial charge in [-0.15, -0.1) is 0 Å². The van der Waals surface area contributed by atoms with Crippen molar-refractivity contribution in [2.75, 3.05) is 0 Å². The zero-order valence-electron chi connectivity index (χ0n) is 10.0. The molecule has 1 aromatic carbocycles. The van der Waals surface area contributed by atoms with E-state index in [1.54, 1.807) is 0 Å². The number of aryl methyl sites for hydroxylation is 2. The predicted molar refractivity (Wildman–Crippen MR) is 67.2 cm³/mol. The van der Waals surface area contributed by atoms with E-state index < -0.39 is 5.97 Å². The van der Waals surface area contributed by atoms with E-state index >= 15 is 0 Å². The number of hydrogen-bond donors (Lipinski definition) is 1. The Hall–Kier alpha value is -1.90. The molecule has 0 aliphatic rings. The molecule has 0 saturated heterocycles. The van der Waals surface area contributed by atoms with Crippen LogP contribution < -0.4 is 0 Å². The van der Waals surface area contributed by atoms with E-state index in [9.17, 15) is 4.79 Å². The minimum atomic E-state index is -0.846. The van der Waals surface area contributed by atoms with Crippen LogP contribution in [0.2, 0.25) is 0 Å². The Morgan fingerprint density at radius 3 is 2.76 bits per heavy atom. The van der Waals surface area contributed by atoms with Crippen LogP contribution >= 0.6 is 0 Å². The summed E-state index contributed by atoms with van der Waals surface area (Å²) in [4.78, 5) is 15.0. The fourth-order valence-electron chi connectivity index (χ4n) is 1.98. The number of carboxylic acid groups (broad SMARTS) is 1. The molecule has 0 fully saturated rings. The minimum Gasteiger partial charge on any atom is -0.481 e. The maximum atomic E-state index is 10.7. The molecule has 0 radical (unpaired) electrons. The monoisotopic (exact) mass is 229 g/mol. The zero-order valence-corrected chi connectivity index (χ0v) is 10.0. The highest BCUT2D eigenvalue weighted by molar-refractivity contribution is 5.83. The molecule has 1 aromatic heterocycles. The Kier molecular flexibility index (Phi) is 3.09. The maximum Gasteiger partial charge on any atom is 0.309 e. The molecule has 3 nitrogen and oxygen atoms in total. The van der Waals surface area contributed by atoms with Crippen LogP contribution in [0, 0.1) is 6.92 Å². The van der Waals surface area contributed by atoms with Crippen LogP contribution in [0.1, 0.15) is 23.7 Å². The van der Waals surface area contributed by atoms with Crippen molar-refractivity contribution in [2.45, 2.75) is 26.7 Å². The van der Waals surface area contributed by atoms with Gasteiger partial charge in [0.15, 0.2) is 0 Å². The summed E-state index contributed by atoms with van der Waals surface area (Å²) in [7, 11) is 0. The van der Waals surface area contributed by atoms with Gasteiger partial charge in [-0.2, -0.15) is 0 Å². The van der Waals surface area contributed by atoms with Crippen LogP contribution in [-0.4, -0.2) is 16.1 Å². The van der Waals surface area contributed by atoms with Crippen LogP contribution in [-0.2, 0) is 17.6 Å². The summed E-state index contributed by atoms with van der Waals surface area (Å²) >= 11 is 0. The predicted octanol–water partition coefficient (Wildman–Crippen LogP) is 2.73. The topological polar surface area (TPSA) is 50.2 Å². The number of fused-ring (bicyclic) bond motifs is 1. The van der Waals surface area contributed by atoms with Crippen molar-refractivity contribution in [2.24, 2.45) is 0 Å². The number of rotatable bonds is 3. The molecule has 2 aromatic rings. The smallest absolute Gasteiger partial charge is 0.309 e. The summed E-state index contributed by atoms with van der Waals surface area (Å²) in [5, 5.41) is 9.88. The van der Waals surface area contributed by atoms with Gasteiger partial charge >= 0.3 is 5.97 Å². The highest BCUT2D eigenvalue weighted by Crippen LogP contribution is 2.20. The van der Waals surface area contributed by atoms with E-state index in [-0.39, 0.29) is 6.42 Å². The number of carboxylic acids is 1. The average Bonchev–Trinajstić information content (AvgIpc) is 2.28. The fourth-order valence-corrected chi connectivity index (χ4v) is 1.98. The van der Waals surface area contributed by atoms with Crippen molar-refractivity contribution in [3.63, 3.8) is 0 Å². The first-order valence-corrected chi connectivity index (χ1v) is 5.71. The van der Waals surface area contributed by atoms with E-state index in [2.05, 4.69) is 18.0 Å². The second-order valence-corrected chi connectivity index (χ2v) is 4.21. The normalized spacial score (nSPS) is 10.7. The van der Waals surface area contributed by atoms with Gasteiger partial charge in [0, 0.05) is 5.39 Å². The quantitative estimate of drug-likeness (QED) is 0.880. The summed E-state index contributed by atoms with van der Waals surface area (Å²) in [5.74, 6) is -0.846. The number of benzene rings is 1. The molecule has 2 rings (SSSR count). The third-order valence-electron chi connectivity index (χ3n) is 2.87. The first kappa shape index (κ1) is 11.6. The molecule has 1 N–H and O–H groups in total. The molecule has 0 amide bonds. The summed E-state index contributed by atoms with van der Waals surface area (Å²) in [5.41, 5.74) is 3.85. The van der Waals surface area contributed by atoms with Crippen molar-refractivity contribution < 1.29 is 9.90 Å². The van der Waals surface area contributed by atoms with Gasteiger partial charge in [0.2, 0.25) is 0 Å². The molecule has 1 heterocycles. The van der Waals surface area contributed by atoms with Crippen molar-refractivity contribution in [1.29, 1.82) is 0 Å². The molecular weight excluding hydrogens is 214 g/mol. The molecular formula is C14H15NO2. The lowest BCUT2D eigenvalue weighted by Gasteiger charge is -2.06.